The van der Waals surface area contributed by atoms with Crippen LogP contribution in [-0.4, -0.2) is 31.6 Å². The third-order valence-electron chi connectivity index (χ3n) is 4.23. The minimum atomic E-state index is -1.13. The van der Waals surface area contributed by atoms with Crippen molar-refractivity contribution in [3.05, 3.63) is 58.6 Å². The lowest BCUT2D eigenvalue weighted by Gasteiger charge is -2.20. The fourth-order valence-corrected chi connectivity index (χ4v) is 3.06. The fraction of sp³-hybridized carbons (Fsp3) is 0.222. The molecule has 0 radical (unpaired) electrons. The summed E-state index contributed by atoms with van der Waals surface area (Å²) < 4.78 is 33.6. The minimum absolute atomic E-state index is 0.00903. The zero-order valence-corrected chi connectivity index (χ0v) is 14.9. The summed E-state index contributed by atoms with van der Waals surface area (Å²) >= 11 is 5.78. The number of carbonyl (C=O) groups is 2. The number of carbonyl (C=O) groups excluding carboxylic acids is 2. The van der Waals surface area contributed by atoms with Gasteiger partial charge in [0, 0.05) is 40.9 Å². The lowest BCUT2D eigenvalue weighted by Crippen LogP contribution is -2.45. The molecule has 3 N–H and O–H groups in total. The first kappa shape index (κ1) is 18.9. The van der Waals surface area contributed by atoms with E-state index in [0.717, 1.165) is 12.1 Å². The Bertz CT molecular complexity index is 854. The van der Waals surface area contributed by atoms with Crippen molar-refractivity contribution in [1.82, 2.24) is 10.6 Å². The maximum Gasteiger partial charge on any atom is 0.319 e. The number of methoxy groups -OCH3 is 1. The van der Waals surface area contributed by atoms with E-state index in [1.807, 2.05) is 0 Å². The molecule has 2 aromatic rings. The molecule has 0 saturated carbocycles. The number of urea groups is 1. The zero-order valence-electron chi connectivity index (χ0n) is 14.2. The summed E-state index contributed by atoms with van der Waals surface area (Å²) in [7, 11) is 1.29. The van der Waals surface area contributed by atoms with Crippen molar-refractivity contribution in [3.8, 4) is 5.75 Å². The molecule has 0 unspecified atom stereocenters. The van der Waals surface area contributed by atoms with E-state index in [4.69, 9.17) is 16.3 Å². The van der Waals surface area contributed by atoms with E-state index >= 15 is 0 Å². The zero-order chi connectivity index (χ0) is 19.6. The molecule has 2 aromatic carbocycles. The summed E-state index contributed by atoms with van der Waals surface area (Å²) in [5.41, 5.74) is 0.166. The standard InChI is InChI=1S/C18H16ClF2N3O3/c1-27-11-6-13(20)15(14(21)7-11)12-8-22-17(25)16(12)24-18(26)23-10-4-2-9(19)3-5-10/h2-7,12,16H,8H2,1H3,(H,22,25)(H2,23,24,26)/t12-,16-/m0/s1. The molecule has 1 fully saturated rings. The topological polar surface area (TPSA) is 79.5 Å². The first-order valence-corrected chi connectivity index (χ1v) is 8.40. The van der Waals surface area contributed by atoms with Gasteiger partial charge < -0.3 is 20.7 Å². The van der Waals surface area contributed by atoms with Gasteiger partial charge in [0.05, 0.1) is 7.11 Å². The van der Waals surface area contributed by atoms with Crippen molar-refractivity contribution in [3.63, 3.8) is 0 Å². The summed E-state index contributed by atoms with van der Waals surface area (Å²) in [5, 5.41) is 8.02. The summed E-state index contributed by atoms with van der Waals surface area (Å²) in [6.07, 6.45) is 0. The molecule has 3 amide bonds. The predicted molar refractivity (Wildman–Crippen MR) is 96.1 cm³/mol. The van der Waals surface area contributed by atoms with E-state index in [-0.39, 0.29) is 17.9 Å². The van der Waals surface area contributed by atoms with Gasteiger partial charge in [0.25, 0.3) is 0 Å². The molecule has 6 nitrogen and oxygen atoms in total. The second kappa shape index (κ2) is 7.79. The summed E-state index contributed by atoms with van der Waals surface area (Å²) in [4.78, 5) is 24.3. The Labute approximate surface area is 158 Å². The second-order valence-corrected chi connectivity index (χ2v) is 6.38. The number of hydrogen-bond donors (Lipinski definition) is 3. The van der Waals surface area contributed by atoms with Gasteiger partial charge in [0.1, 0.15) is 23.4 Å². The molecule has 27 heavy (non-hydrogen) atoms. The van der Waals surface area contributed by atoms with Crippen LogP contribution in [0.25, 0.3) is 0 Å². The molecule has 0 aliphatic carbocycles. The van der Waals surface area contributed by atoms with Crippen molar-refractivity contribution < 1.29 is 23.1 Å². The van der Waals surface area contributed by atoms with Crippen molar-refractivity contribution in [1.29, 1.82) is 0 Å². The van der Waals surface area contributed by atoms with Gasteiger partial charge in [-0.15, -0.1) is 0 Å². The lowest BCUT2D eigenvalue weighted by molar-refractivity contribution is -0.120. The summed E-state index contributed by atoms with van der Waals surface area (Å²) in [5.74, 6) is -3.10. The molecule has 9 heteroatoms. The summed E-state index contributed by atoms with van der Waals surface area (Å²) in [6.45, 7) is -0.00903. The number of nitrogens with one attached hydrogen (secondary N) is 3. The van der Waals surface area contributed by atoms with E-state index in [9.17, 15) is 18.4 Å². The maximum atomic E-state index is 14.4. The van der Waals surface area contributed by atoms with E-state index in [1.54, 1.807) is 24.3 Å². The summed E-state index contributed by atoms with van der Waals surface area (Å²) in [6, 6.07) is 6.59. The second-order valence-electron chi connectivity index (χ2n) is 5.94. The monoisotopic (exact) mass is 395 g/mol. The molecule has 0 bridgehead atoms. The highest BCUT2D eigenvalue weighted by Gasteiger charge is 2.40. The number of hydrogen-bond acceptors (Lipinski definition) is 3. The number of rotatable bonds is 4. The van der Waals surface area contributed by atoms with Gasteiger partial charge in [0.15, 0.2) is 0 Å². The molecule has 142 valence electrons. The van der Waals surface area contributed by atoms with Gasteiger partial charge in [-0.1, -0.05) is 11.6 Å². The molecule has 1 saturated heterocycles. The van der Waals surface area contributed by atoms with E-state index in [1.165, 1.54) is 7.11 Å². The van der Waals surface area contributed by atoms with Crippen LogP contribution in [0.4, 0.5) is 19.3 Å². The molecular weight excluding hydrogens is 380 g/mol. The predicted octanol–water partition coefficient (Wildman–Crippen LogP) is 3.03. The smallest absolute Gasteiger partial charge is 0.319 e. The van der Waals surface area contributed by atoms with Crippen LogP contribution in [0.1, 0.15) is 11.5 Å². The first-order chi connectivity index (χ1) is 12.9. The number of amides is 3. The van der Waals surface area contributed by atoms with Gasteiger partial charge in [-0.3, -0.25) is 4.79 Å². The molecule has 0 aromatic heterocycles. The lowest BCUT2D eigenvalue weighted by atomic mass is 9.93. The average Bonchev–Trinajstić information content (AvgIpc) is 2.97. The van der Waals surface area contributed by atoms with Crippen LogP contribution in [0.3, 0.4) is 0 Å². The Kier molecular flexibility index (Phi) is 5.46. The minimum Gasteiger partial charge on any atom is -0.497 e. The van der Waals surface area contributed by atoms with Gasteiger partial charge in [0.2, 0.25) is 5.91 Å². The van der Waals surface area contributed by atoms with Crippen LogP contribution in [-0.2, 0) is 4.79 Å². The first-order valence-electron chi connectivity index (χ1n) is 8.02. The van der Waals surface area contributed by atoms with Crippen LogP contribution in [0.5, 0.6) is 5.75 Å². The largest absolute Gasteiger partial charge is 0.497 e. The third-order valence-corrected chi connectivity index (χ3v) is 4.48. The van der Waals surface area contributed by atoms with Crippen LogP contribution in [0.2, 0.25) is 5.02 Å². The number of benzene rings is 2. The Morgan fingerprint density at radius 2 is 1.85 bits per heavy atom. The molecule has 3 rings (SSSR count). The number of anilines is 1. The van der Waals surface area contributed by atoms with Crippen molar-refractivity contribution in [2.45, 2.75) is 12.0 Å². The Hall–Kier alpha value is -2.87. The van der Waals surface area contributed by atoms with E-state index in [0.29, 0.717) is 10.7 Å². The van der Waals surface area contributed by atoms with Crippen LogP contribution < -0.4 is 20.7 Å². The SMILES string of the molecule is COc1cc(F)c([C@@H]2CNC(=O)[C@H]2NC(=O)Nc2ccc(Cl)cc2)c(F)c1. The Morgan fingerprint density at radius 3 is 2.44 bits per heavy atom. The molecule has 2 atom stereocenters. The van der Waals surface area contributed by atoms with Gasteiger partial charge in [-0.05, 0) is 24.3 Å². The quantitative estimate of drug-likeness (QED) is 0.744. The highest BCUT2D eigenvalue weighted by Crippen LogP contribution is 2.31. The van der Waals surface area contributed by atoms with Gasteiger partial charge >= 0.3 is 6.03 Å². The third kappa shape index (κ3) is 4.11. The van der Waals surface area contributed by atoms with E-state index in [2.05, 4.69) is 16.0 Å². The molecule has 1 heterocycles. The van der Waals surface area contributed by atoms with Crippen LogP contribution in [0, 0.1) is 11.6 Å². The van der Waals surface area contributed by atoms with E-state index < -0.39 is 35.5 Å². The van der Waals surface area contributed by atoms with Gasteiger partial charge in [-0.2, -0.15) is 0 Å². The Morgan fingerprint density at radius 1 is 1.22 bits per heavy atom. The molecular formula is C18H16ClF2N3O3. The molecule has 1 aliphatic heterocycles. The Balaban J connectivity index is 1.78. The van der Waals surface area contributed by atoms with Crippen LogP contribution >= 0.6 is 11.6 Å². The number of ether oxygens (including phenoxy) is 1. The highest BCUT2D eigenvalue weighted by molar-refractivity contribution is 6.30. The fourth-order valence-electron chi connectivity index (χ4n) is 2.93. The van der Waals surface area contributed by atoms with Crippen LogP contribution in [0.15, 0.2) is 36.4 Å². The van der Waals surface area contributed by atoms with Gasteiger partial charge in [-0.25, -0.2) is 13.6 Å². The molecule has 1 aliphatic rings. The van der Waals surface area contributed by atoms with Crippen molar-refractivity contribution in [2.75, 3.05) is 19.0 Å². The maximum absolute atomic E-state index is 14.4. The highest BCUT2D eigenvalue weighted by atomic mass is 35.5. The average molecular weight is 396 g/mol. The molecule has 0 spiro atoms. The number of halogens is 3. The normalized spacial score (nSPS) is 18.7. The van der Waals surface area contributed by atoms with Crippen molar-refractivity contribution in [2.24, 2.45) is 0 Å². The van der Waals surface area contributed by atoms with Crippen molar-refractivity contribution >= 4 is 29.2 Å².